The number of nitrogens with zero attached hydrogens (tertiary/aromatic N) is 1. The predicted molar refractivity (Wildman–Crippen MR) is 69.3 cm³/mol. The number of amides is 1. The molecule has 19 heavy (non-hydrogen) atoms. The number of carbonyl (C=O) groups excluding carboxylic acids is 1. The molecule has 0 aliphatic rings. The van der Waals surface area contributed by atoms with Crippen LogP contribution in [0, 0.1) is 5.82 Å². The number of carbonyl (C=O) groups is 1. The molecule has 2 aromatic rings. The zero-order valence-electron chi connectivity index (χ0n) is 10.2. The van der Waals surface area contributed by atoms with E-state index in [0.717, 1.165) is 5.69 Å². The van der Waals surface area contributed by atoms with Crippen LogP contribution in [0.1, 0.15) is 5.69 Å². The average Bonchev–Trinajstić information content (AvgIpc) is 2.43. The van der Waals surface area contributed by atoms with Crippen LogP contribution < -0.4 is 5.32 Å². The van der Waals surface area contributed by atoms with E-state index in [1.54, 1.807) is 18.3 Å². The molecule has 0 saturated heterocycles. The molecule has 0 bridgehead atoms. The summed E-state index contributed by atoms with van der Waals surface area (Å²) in [6.45, 7) is 0.192. The van der Waals surface area contributed by atoms with Crippen molar-refractivity contribution < 1.29 is 13.9 Å². The second-order valence-corrected chi connectivity index (χ2v) is 3.81. The van der Waals surface area contributed by atoms with Crippen LogP contribution in [0.2, 0.25) is 0 Å². The minimum atomic E-state index is -0.680. The molecule has 1 N–H and O–H groups in total. The third kappa shape index (κ3) is 4.06. The molecule has 1 amide bonds. The Hall–Kier alpha value is -2.43. The molecule has 0 fully saturated rings. The van der Waals surface area contributed by atoms with Gasteiger partial charge in [-0.1, -0.05) is 18.2 Å². The number of ether oxygens (including phenoxy) is 1. The third-order valence-electron chi connectivity index (χ3n) is 2.43. The van der Waals surface area contributed by atoms with Gasteiger partial charge in [-0.25, -0.2) is 9.18 Å². The molecule has 2 rings (SSSR count). The molecule has 0 spiro atoms. The van der Waals surface area contributed by atoms with Gasteiger partial charge in [-0.3, -0.25) is 10.3 Å². The number of hydrogen-bond donors (Lipinski definition) is 1. The molecule has 98 valence electrons. The Morgan fingerprint density at radius 1 is 1.21 bits per heavy atom. The summed E-state index contributed by atoms with van der Waals surface area (Å²) in [5.41, 5.74) is 0.937. The summed E-state index contributed by atoms with van der Waals surface area (Å²) in [6.07, 6.45) is 1.52. The van der Waals surface area contributed by atoms with Crippen LogP contribution in [-0.4, -0.2) is 17.7 Å². The lowest BCUT2D eigenvalue weighted by Gasteiger charge is -2.07. The van der Waals surface area contributed by atoms with Crippen molar-refractivity contribution in [1.29, 1.82) is 0 Å². The highest BCUT2D eigenvalue weighted by Crippen LogP contribution is 2.12. The molecule has 1 heterocycles. The molecule has 0 radical (unpaired) electrons. The van der Waals surface area contributed by atoms with Crippen LogP contribution in [0.3, 0.4) is 0 Å². The van der Waals surface area contributed by atoms with Crippen LogP contribution >= 0.6 is 0 Å². The van der Waals surface area contributed by atoms with Gasteiger partial charge in [0.05, 0.1) is 12.3 Å². The van der Waals surface area contributed by atoms with Crippen LogP contribution in [0.4, 0.5) is 14.9 Å². The molecule has 0 saturated carbocycles. The van der Waals surface area contributed by atoms with Gasteiger partial charge < -0.3 is 4.74 Å². The smallest absolute Gasteiger partial charge is 0.411 e. The number of anilines is 1. The van der Waals surface area contributed by atoms with Crippen molar-refractivity contribution in [2.24, 2.45) is 0 Å². The number of aromatic nitrogens is 1. The van der Waals surface area contributed by atoms with Gasteiger partial charge in [0.2, 0.25) is 0 Å². The first-order valence-corrected chi connectivity index (χ1v) is 5.84. The lowest BCUT2D eigenvalue weighted by Crippen LogP contribution is -2.16. The normalized spacial score (nSPS) is 9.95. The van der Waals surface area contributed by atoms with E-state index in [0.29, 0.717) is 6.42 Å². The monoisotopic (exact) mass is 260 g/mol. The van der Waals surface area contributed by atoms with Crippen molar-refractivity contribution in [3.63, 3.8) is 0 Å². The second-order valence-electron chi connectivity index (χ2n) is 3.81. The van der Waals surface area contributed by atoms with Crippen molar-refractivity contribution in [1.82, 2.24) is 4.98 Å². The number of nitrogens with one attached hydrogen (secondary N) is 1. The standard InChI is InChI=1S/C14H13FN2O2/c15-12-6-1-2-7-13(12)17-14(18)19-10-8-11-5-3-4-9-16-11/h1-7,9H,8,10H2,(H,17,18). The summed E-state index contributed by atoms with van der Waals surface area (Å²) in [5.74, 6) is -0.496. The lowest BCUT2D eigenvalue weighted by atomic mass is 10.3. The minimum absolute atomic E-state index is 0.102. The topological polar surface area (TPSA) is 51.2 Å². The van der Waals surface area contributed by atoms with Gasteiger partial charge >= 0.3 is 6.09 Å². The number of halogens is 1. The van der Waals surface area contributed by atoms with Crippen LogP contribution in [0.5, 0.6) is 0 Å². The third-order valence-corrected chi connectivity index (χ3v) is 2.43. The summed E-state index contributed by atoms with van der Waals surface area (Å²) in [6, 6.07) is 11.4. The Kier molecular flexibility index (Phi) is 4.44. The fourth-order valence-electron chi connectivity index (χ4n) is 1.50. The van der Waals surface area contributed by atoms with E-state index < -0.39 is 11.9 Å². The lowest BCUT2D eigenvalue weighted by molar-refractivity contribution is 0.162. The Labute approximate surface area is 110 Å². The summed E-state index contributed by atoms with van der Waals surface area (Å²) >= 11 is 0. The zero-order valence-corrected chi connectivity index (χ0v) is 10.2. The van der Waals surface area contributed by atoms with Crippen LogP contribution in [0.25, 0.3) is 0 Å². The van der Waals surface area contributed by atoms with E-state index in [9.17, 15) is 9.18 Å². The first-order valence-electron chi connectivity index (χ1n) is 5.84. The summed E-state index contributed by atoms with van der Waals surface area (Å²) in [7, 11) is 0. The fourth-order valence-corrected chi connectivity index (χ4v) is 1.50. The molecule has 0 atom stereocenters. The number of rotatable bonds is 4. The van der Waals surface area contributed by atoms with Gasteiger partial charge in [0.15, 0.2) is 0 Å². The highest BCUT2D eigenvalue weighted by molar-refractivity contribution is 5.84. The van der Waals surface area contributed by atoms with Gasteiger partial charge in [0, 0.05) is 18.3 Å². The highest BCUT2D eigenvalue weighted by atomic mass is 19.1. The van der Waals surface area contributed by atoms with Gasteiger partial charge in [-0.05, 0) is 24.3 Å². The molecule has 1 aromatic carbocycles. The van der Waals surface area contributed by atoms with Crippen molar-refractivity contribution in [3.05, 3.63) is 60.2 Å². The molecular formula is C14H13FN2O2. The highest BCUT2D eigenvalue weighted by Gasteiger charge is 2.06. The molecule has 5 heteroatoms. The number of para-hydroxylation sites is 1. The molecular weight excluding hydrogens is 247 g/mol. The number of pyridine rings is 1. The van der Waals surface area contributed by atoms with Crippen molar-refractivity contribution in [3.8, 4) is 0 Å². The van der Waals surface area contributed by atoms with Gasteiger partial charge in [-0.15, -0.1) is 0 Å². The second kappa shape index (κ2) is 6.49. The van der Waals surface area contributed by atoms with Crippen molar-refractivity contribution in [2.45, 2.75) is 6.42 Å². The van der Waals surface area contributed by atoms with E-state index in [4.69, 9.17) is 4.74 Å². The van der Waals surface area contributed by atoms with E-state index >= 15 is 0 Å². The maximum absolute atomic E-state index is 13.3. The molecule has 1 aromatic heterocycles. The Bertz CT molecular complexity index is 546. The zero-order chi connectivity index (χ0) is 13.5. The summed E-state index contributed by atoms with van der Waals surface area (Å²) in [4.78, 5) is 15.5. The van der Waals surface area contributed by atoms with Crippen LogP contribution in [-0.2, 0) is 11.2 Å². The first kappa shape index (κ1) is 13.0. The molecule has 4 nitrogen and oxygen atoms in total. The Morgan fingerprint density at radius 2 is 2.00 bits per heavy atom. The maximum Gasteiger partial charge on any atom is 0.411 e. The van der Waals surface area contributed by atoms with Gasteiger partial charge in [-0.2, -0.15) is 0 Å². The van der Waals surface area contributed by atoms with E-state index in [2.05, 4.69) is 10.3 Å². The summed E-state index contributed by atoms with van der Waals surface area (Å²) in [5, 5.41) is 2.34. The number of hydrogen-bond acceptors (Lipinski definition) is 3. The maximum atomic E-state index is 13.3. The van der Waals surface area contributed by atoms with Crippen molar-refractivity contribution >= 4 is 11.8 Å². The first-order chi connectivity index (χ1) is 9.25. The fraction of sp³-hybridized carbons (Fsp3) is 0.143. The predicted octanol–water partition coefficient (Wildman–Crippen LogP) is 3.01. The largest absolute Gasteiger partial charge is 0.449 e. The van der Waals surface area contributed by atoms with Gasteiger partial charge in [0.1, 0.15) is 5.82 Å². The van der Waals surface area contributed by atoms with E-state index in [-0.39, 0.29) is 12.3 Å². The quantitative estimate of drug-likeness (QED) is 0.919. The Morgan fingerprint density at radius 3 is 2.74 bits per heavy atom. The van der Waals surface area contributed by atoms with Crippen molar-refractivity contribution in [2.75, 3.05) is 11.9 Å². The molecule has 0 aliphatic carbocycles. The Balaban J connectivity index is 1.78. The van der Waals surface area contributed by atoms with Crippen LogP contribution in [0.15, 0.2) is 48.7 Å². The van der Waals surface area contributed by atoms with E-state index in [1.165, 1.54) is 12.1 Å². The average molecular weight is 260 g/mol. The summed E-state index contributed by atoms with van der Waals surface area (Å²) < 4.78 is 18.2. The van der Waals surface area contributed by atoms with E-state index in [1.807, 2.05) is 18.2 Å². The SMILES string of the molecule is O=C(Nc1ccccc1F)OCCc1ccccn1. The molecule has 0 aliphatic heterocycles. The molecule has 0 unspecified atom stereocenters. The van der Waals surface area contributed by atoms with Gasteiger partial charge in [0.25, 0.3) is 0 Å². The minimum Gasteiger partial charge on any atom is -0.449 e. The number of benzene rings is 1.